The van der Waals surface area contributed by atoms with Crippen molar-refractivity contribution in [2.45, 2.75) is 78.1 Å². The Morgan fingerprint density at radius 2 is 1.52 bits per heavy atom. The molecule has 3 heterocycles. The SMILES string of the molecule is CCCCCCc1csc(-c2sccc2-c2ccc(CCCCCC)s2)c1. The zero-order chi connectivity index (χ0) is 18.9. The normalized spacial score (nSPS) is 11.3. The molecule has 0 N–H and O–H groups in total. The van der Waals surface area contributed by atoms with E-state index in [-0.39, 0.29) is 0 Å². The molecule has 0 atom stereocenters. The quantitative estimate of drug-likeness (QED) is 0.258. The largest absolute Gasteiger partial charge is 0.143 e. The number of hydrogen-bond acceptors (Lipinski definition) is 3. The van der Waals surface area contributed by atoms with Gasteiger partial charge in [-0.05, 0) is 66.3 Å². The molecule has 0 radical (unpaired) electrons. The highest BCUT2D eigenvalue weighted by molar-refractivity contribution is 7.21. The highest BCUT2D eigenvalue weighted by Crippen LogP contribution is 2.42. The number of rotatable bonds is 12. The molecule has 0 nitrogen and oxygen atoms in total. The standard InChI is InChI=1S/C24H32S3/c1-3-5-7-9-11-19-17-23(26-18-19)24-21(15-16-25-24)22-14-13-20(27-22)12-10-8-6-4-2/h13-18H,3-12H2,1-2H3. The van der Waals surface area contributed by atoms with Gasteiger partial charge in [-0.25, -0.2) is 0 Å². The fourth-order valence-corrected chi connectivity index (χ4v) is 6.61. The predicted molar refractivity (Wildman–Crippen MR) is 127 cm³/mol. The van der Waals surface area contributed by atoms with E-state index in [1.165, 1.54) is 90.0 Å². The molecule has 0 aliphatic heterocycles. The molecule has 0 spiro atoms. The lowest BCUT2D eigenvalue weighted by atomic mass is 10.1. The second-order valence-electron chi connectivity index (χ2n) is 7.37. The molecule has 146 valence electrons. The average Bonchev–Trinajstić information content (AvgIpc) is 3.42. The van der Waals surface area contributed by atoms with Crippen LogP contribution in [0.1, 0.15) is 75.7 Å². The summed E-state index contributed by atoms with van der Waals surface area (Å²) in [6, 6.07) is 9.43. The lowest BCUT2D eigenvalue weighted by Crippen LogP contribution is -1.82. The first kappa shape index (κ1) is 20.8. The maximum Gasteiger partial charge on any atom is 0.0529 e. The molecule has 0 aromatic carbocycles. The van der Waals surface area contributed by atoms with E-state index in [9.17, 15) is 0 Å². The van der Waals surface area contributed by atoms with E-state index in [0.29, 0.717) is 0 Å². The summed E-state index contributed by atoms with van der Waals surface area (Å²) in [6.07, 6.45) is 13.2. The second-order valence-corrected chi connectivity index (χ2v) is 10.4. The summed E-state index contributed by atoms with van der Waals surface area (Å²) in [7, 11) is 0. The van der Waals surface area contributed by atoms with Crippen LogP contribution in [0, 0.1) is 0 Å². The van der Waals surface area contributed by atoms with Crippen molar-refractivity contribution < 1.29 is 0 Å². The minimum atomic E-state index is 1.23. The third-order valence-electron chi connectivity index (χ3n) is 5.07. The van der Waals surface area contributed by atoms with Gasteiger partial charge in [0, 0.05) is 20.2 Å². The van der Waals surface area contributed by atoms with Crippen LogP contribution in [0.4, 0.5) is 0 Å². The van der Waals surface area contributed by atoms with Crippen LogP contribution in [0.5, 0.6) is 0 Å². The minimum absolute atomic E-state index is 1.23. The lowest BCUT2D eigenvalue weighted by Gasteiger charge is -2.00. The Morgan fingerprint density at radius 1 is 0.741 bits per heavy atom. The van der Waals surface area contributed by atoms with Crippen molar-refractivity contribution in [3.8, 4) is 20.2 Å². The molecule has 3 aromatic heterocycles. The van der Waals surface area contributed by atoms with Crippen LogP contribution in [0.3, 0.4) is 0 Å². The first-order valence-corrected chi connectivity index (χ1v) is 13.1. The summed E-state index contributed by atoms with van der Waals surface area (Å²) >= 11 is 5.81. The van der Waals surface area contributed by atoms with Gasteiger partial charge < -0.3 is 0 Å². The maximum atomic E-state index is 2.44. The van der Waals surface area contributed by atoms with Crippen molar-refractivity contribution in [2.24, 2.45) is 0 Å². The Balaban J connectivity index is 1.64. The molecule has 0 saturated heterocycles. The topological polar surface area (TPSA) is 0 Å². The molecular weight excluding hydrogens is 384 g/mol. The summed E-state index contributed by atoms with van der Waals surface area (Å²) in [5, 5.41) is 4.63. The van der Waals surface area contributed by atoms with E-state index in [0.717, 1.165) is 0 Å². The molecule has 3 aromatic rings. The van der Waals surface area contributed by atoms with Gasteiger partial charge in [0.1, 0.15) is 0 Å². The van der Waals surface area contributed by atoms with E-state index in [2.05, 4.69) is 48.9 Å². The van der Waals surface area contributed by atoms with Crippen LogP contribution < -0.4 is 0 Å². The van der Waals surface area contributed by atoms with E-state index in [1.807, 2.05) is 34.0 Å². The third-order valence-corrected chi connectivity index (χ3v) is 8.32. The third kappa shape index (κ3) is 6.04. The van der Waals surface area contributed by atoms with Gasteiger partial charge in [-0.1, -0.05) is 52.4 Å². The number of thiophene rings is 3. The van der Waals surface area contributed by atoms with Crippen LogP contribution in [-0.4, -0.2) is 0 Å². The van der Waals surface area contributed by atoms with E-state index < -0.39 is 0 Å². The molecule has 0 saturated carbocycles. The summed E-state index contributed by atoms with van der Waals surface area (Å²) in [5.41, 5.74) is 2.96. The smallest absolute Gasteiger partial charge is 0.0529 e. The molecular formula is C24H32S3. The van der Waals surface area contributed by atoms with Crippen molar-refractivity contribution in [1.29, 1.82) is 0 Å². The highest BCUT2D eigenvalue weighted by atomic mass is 32.1. The molecule has 0 aliphatic carbocycles. The van der Waals surface area contributed by atoms with Crippen molar-refractivity contribution in [3.63, 3.8) is 0 Å². The Bertz CT molecular complexity index is 725. The molecule has 0 fully saturated rings. The Morgan fingerprint density at radius 3 is 2.30 bits per heavy atom. The summed E-state index contributed by atoms with van der Waals surface area (Å²) < 4.78 is 0. The lowest BCUT2D eigenvalue weighted by molar-refractivity contribution is 0.667. The maximum absolute atomic E-state index is 2.44. The van der Waals surface area contributed by atoms with Gasteiger partial charge in [0.2, 0.25) is 0 Å². The Labute approximate surface area is 177 Å². The Hall–Kier alpha value is -0.900. The molecule has 3 heteroatoms. The van der Waals surface area contributed by atoms with Crippen LogP contribution >= 0.6 is 34.0 Å². The predicted octanol–water partition coefficient (Wildman–Crippen LogP) is 9.45. The van der Waals surface area contributed by atoms with Crippen LogP contribution in [0.15, 0.2) is 35.0 Å². The van der Waals surface area contributed by atoms with Gasteiger partial charge in [0.15, 0.2) is 0 Å². The Kier molecular flexibility index (Phi) is 8.63. The first-order chi connectivity index (χ1) is 13.3. The van der Waals surface area contributed by atoms with Crippen molar-refractivity contribution in [1.82, 2.24) is 0 Å². The molecule has 3 rings (SSSR count). The first-order valence-electron chi connectivity index (χ1n) is 10.6. The zero-order valence-electron chi connectivity index (χ0n) is 16.8. The van der Waals surface area contributed by atoms with Gasteiger partial charge in [-0.2, -0.15) is 0 Å². The molecule has 27 heavy (non-hydrogen) atoms. The molecule has 0 amide bonds. The minimum Gasteiger partial charge on any atom is -0.143 e. The summed E-state index contributed by atoms with van der Waals surface area (Å²) in [4.78, 5) is 5.89. The molecule has 0 unspecified atom stereocenters. The summed E-state index contributed by atoms with van der Waals surface area (Å²) in [5.74, 6) is 0. The van der Waals surface area contributed by atoms with Gasteiger partial charge in [0.25, 0.3) is 0 Å². The second kappa shape index (κ2) is 11.2. The van der Waals surface area contributed by atoms with Crippen LogP contribution in [0.2, 0.25) is 0 Å². The van der Waals surface area contributed by atoms with Gasteiger partial charge in [0.05, 0.1) is 4.88 Å². The molecule has 0 aliphatic rings. The fourth-order valence-electron chi connectivity index (χ4n) is 3.46. The van der Waals surface area contributed by atoms with Crippen molar-refractivity contribution in [2.75, 3.05) is 0 Å². The van der Waals surface area contributed by atoms with E-state index in [4.69, 9.17) is 0 Å². The highest BCUT2D eigenvalue weighted by Gasteiger charge is 2.13. The van der Waals surface area contributed by atoms with Gasteiger partial charge in [-0.15, -0.1) is 34.0 Å². The van der Waals surface area contributed by atoms with Crippen molar-refractivity contribution in [3.05, 3.63) is 45.5 Å². The van der Waals surface area contributed by atoms with E-state index in [1.54, 1.807) is 4.88 Å². The number of hydrogen-bond donors (Lipinski definition) is 0. The van der Waals surface area contributed by atoms with Gasteiger partial charge in [-0.3, -0.25) is 0 Å². The van der Waals surface area contributed by atoms with Gasteiger partial charge >= 0.3 is 0 Å². The van der Waals surface area contributed by atoms with Crippen LogP contribution in [-0.2, 0) is 12.8 Å². The van der Waals surface area contributed by atoms with Crippen LogP contribution in [0.25, 0.3) is 20.2 Å². The van der Waals surface area contributed by atoms with E-state index >= 15 is 0 Å². The number of unbranched alkanes of at least 4 members (excludes halogenated alkanes) is 6. The summed E-state index contributed by atoms with van der Waals surface area (Å²) in [6.45, 7) is 4.56. The average molecular weight is 417 g/mol. The zero-order valence-corrected chi connectivity index (χ0v) is 19.2. The molecule has 0 bridgehead atoms. The van der Waals surface area contributed by atoms with Crippen molar-refractivity contribution >= 4 is 34.0 Å². The monoisotopic (exact) mass is 416 g/mol. The number of aryl methyl sites for hydroxylation is 2. The fraction of sp³-hybridized carbons (Fsp3) is 0.500.